The van der Waals surface area contributed by atoms with Gasteiger partial charge in [-0.25, -0.2) is 0 Å². The van der Waals surface area contributed by atoms with Gasteiger partial charge in [0.2, 0.25) is 0 Å². The van der Waals surface area contributed by atoms with Gasteiger partial charge in [0.1, 0.15) is 11.7 Å². The lowest BCUT2D eigenvalue weighted by atomic mass is 10.1. The van der Waals surface area contributed by atoms with E-state index in [9.17, 15) is 19.5 Å². The van der Waals surface area contributed by atoms with Crippen LogP contribution >= 0.6 is 12.2 Å². The highest BCUT2D eigenvalue weighted by Gasteiger charge is 2.34. The largest absolute Gasteiger partial charge is 0.546 e. The lowest BCUT2D eigenvalue weighted by Gasteiger charge is -2.28. The quantitative estimate of drug-likeness (QED) is 0.395. The molecule has 0 aliphatic carbocycles. The maximum atomic E-state index is 13.0. The third kappa shape index (κ3) is 4.89. The van der Waals surface area contributed by atoms with Crippen molar-refractivity contribution in [3.63, 3.8) is 0 Å². The zero-order valence-electron chi connectivity index (χ0n) is 16.8. The number of carboxylic acid groups (broad SMARTS) is 1. The fraction of sp³-hybridized carbons (Fsp3) is 0.182. The summed E-state index contributed by atoms with van der Waals surface area (Å²) < 4.78 is 10.9. The van der Waals surface area contributed by atoms with E-state index in [4.69, 9.17) is 21.7 Å². The number of thiocarbonyl (C=S) groups is 1. The van der Waals surface area contributed by atoms with E-state index in [2.05, 4.69) is 5.32 Å². The molecule has 1 N–H and O–H groups in total. The number of carboxylic acids is 1. The summed E-state index contributed by atoms with van der Waals surface area (Å²) in [5, 5.41) is 13.5. The van der Waals surface area contributed by atoms with Crippen LogP contribution in [0.4, 0.5) is 5.69 Å². The number of carbonyl (C=O) groups excluding carboxylic acids is 3. The molecule has 2 aromatic rings. The molecule has 1 atom stereocenters. The van der Waals surface area contributed by atoms with Crippen LogP contribution in [0.1, 0.15) is 19.4 Å². The molecule has 0 bridgehead atoms. The van der Waals surface area contributed by atoms with Crippen molar-refractivity contribution in [3.8, 4) is 11.5 Å². The van der Waals surface area contributed by atoms with Gasteiger partial charge in [-0.05, 0) is 62.0 Å². The summed E-state index contributed by atoms with van der Waals surface area (Å²) in [6.45, 7) is 3.40. The van der Waals surface area contributed by atoms with Crippen LogP contribution in [-0.4, -0.2) is 35.6 Å². The second-order valence-corrected chi connectivity index (χ2v) is 6.90. The minimum Gasteiger partial charge on any atom is -0.546 e. The highest BCUT2D eigenvalue weighted by atomic mass is 32.1. The van der Waals surface area contributed by atoms with Crippen LogP contribution in [0.2, 0.25) is 0 Å². The average Bonchev–Trinajstić information content (AvgIpc) is 2.73. The first kappa shape index (κ1) is 22.0. The Morgan fingerprint density at radius 3 is 2.55 bits per heavy atom. The third-order valence-corrected chi connectivity index (χ3v) is 4.61. The molecular formula is C22H19N2O6S-. The van der Waals surface area contributed by atoms with Gasteiger partial charge in [0.05, 0.1) is 18.3 Å². The van der Waals surface area contributed by atoms with Crippen LogP contribution in [0.3, 0.4) is 0 Å². The third-order valence-electron chi connectivity index (χ3n) is 4.33. The topological polar surface area (TPSA) is 108 Å². The van der Waals surface area contributed by atoms with Crippen molar-refractivity contribution in [3.05, 3.63) is 59.7 Å². The van der Waals surface area contributed by atoms with Gasteiger partial charge in [-0.2, -0.15) is 0 Å². The Morgan fingerprint density at radius 2 is 1.90 bits per heavy atom. The number of hydrogen-bond acceptors (Lipinski definition) is 7. The summed E-state index contributed by atoms with van der Waals surface area (Å²) in [5.41, 5.74) is 0.895. The fourth-order valence-electron chi connectivity index (χ4n) is 2.85. The average molecular weight is 439 g/mol. The Bertz CT molecular complexity index is 1070. The maximum Gasteiger partial charge on any atom is 0.270 e. The molecule has 9 heteroatoms. The fourth-order valence-corrected chi connectivity index (χ4v) is 3.14. The maximum absolute atomic E-state index is 13.0. The van der Waals surface area contributed by atoms with E-state index in [0.717, 1.165) is 0 Å². The molecule has 1 aliphatic rings. The standard InChI is InChI=1S/C22H20N2O6S/c1-3-29-18-12-14(9-10-17(18)30-13(2)21(27)28)11-16-19(25)23-22(31)24(20(16)26)15-7-5-4-6-8-15/h4-13H,3H2,1-2H3,(H,27,28)(H,23,25,31)/p-1/b16-11-. The predicted octanol–water partition coefficient (Wildman–Crippen LogP) is 1.43. The van der Waals surface area contributed by atoms with Crippen molar-refractivity contribution < 1.29 is 29.0 Å². The van der Waals surface area contributed by atoms with Crippen molar-refractivity contribution >= 4 is 46.9 Å². The van der Waals surface area contributed by atoms with Crippen molar-refractivity contribution in [1.29, 1.82) is 0 Å². The molecule has 1 heterocycles. The lowest BCUT2D eigenvalue weighted by molar-refractivity contribution is -0.312. The van der Waals surface area contributed by atoms with E-state index in [1.165, 1.54) is 24.0 Å². The number of carbonyl (C=O) groups is 3. The summed E-state index contributed by atoms with van der Waals surface area (Å²) in [7, 11) is 0. The van der Waals surface area contributed by atoms with Gasteiger partial charge in [0.25, 0.3) is 11.8 Å². The number of benzene rings is 2. The Hall–Kier alpha value is -3.72. The first-order valence-electron chi connectivity index (χ1n) is 9.42. The van der Waals surface area contributed by atoms with Gasteiger partial charge in [-0.1, -0.05) is 24.3 Å². The number of hydrogen-bond donors (Lipinski definition) is 1. The molecule has 2 amide bonds. The molecule has 31 heavy (non-hydrogen) atoms. The van der Waals surface area contributed by atoms with E-state index in [1.807, 2.05) is 0 Å². The van der Waals surface area contributed by atoms with Gasteiger partial charge in [0.15, 0.2) is 16.6 Å². The van der Waals surface area contributed by atoms with Gasteiger partial charge in [0, 0.05) is 0 Å². The number of ether oxygens (including phenoxy) is 2. The molecular weight excluding hydrogens is 420 g/mol. The first-order chi connectivity index (χ1) is 14.8. The molecule has 1 aliphatic heterocycles. The van der Waals surface area contributed by atoms with Crippen LogP contribution in [0.25, 0.3) is 6.08 Å². The minimum atomic E-state index is -1.37. The second-order valence-electron chi connectivity index (χ2n) is 6.51. The van der Waals surface area contributed by atoms with Crippen LogP contribution in [-0.2, 0) is 14.4 Å². The molecule has 0 spiro atoms. The molecule has 2 aromatic carbocycles. The number of rotatable bonds is 7. The number of amides is 2. The highest BCUT2D eigenvalue weighted by molar-refractivity contribution is 7.80. The molecule has 3 rings (SSSR count). The minimum absolute atomic E-state index is 0.00614. The van der Waals surface area contributed by atoms with Crippen LogP contribution in [0.5, 0.6) is 11.5 Å². The number of anilines is 1. The van der Waals surface area contributed by atoms with Crippen molar-refractivity contribution in [1.82, 2.24) is 5.32 Å². The smallest absolute Gasteiger partial charge is 0.270 e. The molecule has 0 radical (unpaired) electrons. The molecule has 1 fully saturated rings. The summed E-state index contributed by atoms with van der Waals surface area (Å²) in [6, 6.07) is 13.4. The van der Waals surface area contributed by atoms with Gasteiger partial charge >= 0.3 is 0 Å². The normalized spacial score (nSPS) is 16.1. The molecule has 1 unspecified atom stereocenters. The van der Waals surface area contributed by atoms with Crippen molar-refractivity contribution in [2.45, 2.75) is 20.0 Å². The van der Waals surface area contributed by atoms with Crippen LogP contribution < -0.4 is 24.8 Å². The molecule has 0 saturated carbocycles. The highest BCUT2D eigenvalue weighted by Crippen LogP contribution is 2.31. The van der Waals surface area contributed by atoms with E-state index < -0.39 is 23.9 Å². The van der Waals surface area contributed by atoms with E-state index >= 15 is 0 Å². The van der Waals surface area contributed by atoms with Gasteiger partial charge in [-0.15, -0.1) is 0 Å². The zero-order valence-corrected chi connectivity index (χ0v) is 17.6. The summed E-state index contributed by atoms with van der Waals surface area (Å²) in [4.78, 5) is 37.7. The van der Waals surface area contributed by atoms with Crippen molar-refractivity contribution in [2.24, 2.45) is 0 Å². The lowest BCUT2D eigenvalue weighted by Crippen LogP contribution is -2.54. The SMILES string of the molecule is CCOc1cc(/C=C2/C(=O)NC(=S)N(c3ccccc3)C2=O)ccc1OC(C)C(=O)[O-]. The van der Waals surface area contributed by atoms with Gasteiger partial charge < -0.3 is 19.4 Å². The molecule has 8 nitrogen and oxygen atoms in total. The number of aliphatic carboxylic acids is 1. The first-order valence-corrected chi connectivity index (χ1v) is 9.83. The summed E-state index contributed by atoms with van der Waals surface area (Å²) in [5.74, 6) is -2.08. The van der Waals surface area contributed by atoms with E-state index in [1.54, 1.807) is 49.4 Å². The second kappa shape index (κ2) is 9.40. The Kier molecular flexibility index (Phi) is 6.66. The van der Waals surface area contributed by atoms with Crippen LogP contribution in [0.15, 0.2) is 54.1 Å². The van der Waals surface area contributed by atoms with E-state index in [-0.39, 0.29) is 22.2 Å². The molecule has 1 saturated heterocycles. The monoisotopic (exact) mass is 439 g/mol. The predicted molar refractivity (Wildman–Crippen MR) is 115 cm³/mol. The Labute approximate surface area is 184 Å². The molecule has 160 valence electrons. The van der Waals surface area contributed by atoms with E-state index in [0.29, 0.717) is 17.9 Å². The number of nitrogens with one attached hydrogen (secondary N) is 1. The van der Waals surface area contributed by atoms with Gasteiger partial charge in [-0.3, -0.25) is 19.8 Å². The Balaban J connectivity index is 1.96. The number of para-hydroxylation sites is 1. The van der Waals surface area contributed by atoms with Crippen LogP contribution in [0, 0.1) is 0 Å². The Morgan fingerprint density at radius 1 is 1.19 bits per heavy atom. The summed E-state index contributed by atoms with van der Waals surface area (Å²) >= 11 is 5.17. The number of nitrogens with zero attached hydrogens (tertiary/aromatic N) is 1. The van der Waals surface area contributed by atoms with Crippen molar-refractivity contribution in [2.75, 3.05) is 11.5 Å². The molecule has 0 aromatic heterocycles. The zero-order chi connectivity index (χ0) is 22.5. The summed E-state index contributed by atoms with van der Waals surface area (Å²) in [6.07, 6.45) is 0.221.